The molecule has 1 rings (SSSR count). The van der Waals surface area contributed by atoms with Crippen molar-refractivity contribution in [1.82, 2.24) is 5.32 Å². The van der Waals surface area contributed by atoms with Crippen LogP contribution in [0.25, 0.3) is 0 Å². The first-order valence-corrected chi connectivity index (χ1v) is 6.27. The fourth-order valence-corrected chi connectivity index (χ4v) is 1.60. The van der Waals surface area contributed by atoms with E-state index in [1.807, 2.05) is 0 Å². The minimum atomic E-state index is -0.308. The average molecular weight is 285 g/mol. The molecule has 0 heterocycles. The number of urea groups is 1. The monoisotopic (exact) mass is 284 g/mol. The van der Waals surface area contributed by atoms with Crippen LogP contribution in [-0.2, 0) is 0 Å². The van der Waals surface area contributed by atoms with Crippen molar-refractivity contribution in [3.8, 4) is 0 Å². The lowest BCUT2D eigenvalue weighted by molar-refractivity contribution is 0.252. The molecule has 0 unspecified atom stereocenters. The lowest BCUT2D eigenvalue weighted by Gasteiger charge is -2.08. The largest absolute Gasteiger partial charge is 0.409 e. The molecule has 0 spiro atoms. The molecular formula is C12H17ClN4O2. The van der Waals surface area contributed by atoms with Crippen LogP contribution in [0.4, 0.5) is 10.5 Å². The Kier molecular flexibility index (Phi) is 6.52. The van der Waals surface area contributed by atoms with Gasteiger partial charge >= 0.3 is 6.03 Å². The van der Waals surface area contributed by atoms with Crippen molar-refractivity contribution in [2.45, 2.75) is 19.3 Å². The minimum Gasteiger partial charge on any atom is -0.409 e. The molecule has 19 heavy (non-hydrogen) atoms. The maximum absolute atomic E-state index is 11.5. The van der Waals surface area contributed by atoms with Gasteiger partial charge in [-0.25, -0.2) is 4.79 Å². The highest BCUT2D eigenvalue weighted by Crippen LogP contribution is 2.19. The Morgan fingerprint density at radius 2 is 2.11 bits per heavy atom. The molecule has 7 heteroatoms. The maximum atomic E-state index is 11.5. The second-order valence-corrected chi connectivity index (χ2v) is 4.32. The van der Waals surface area contributed by atoms with E-state index in [1.54, 1.807) is 24.3 Å². The van der Waals surface area contributed by atoms with Crippen LogP contribution < -0.4 is 16.4 Å². The first kappa shape index (κ1) is 15.1. The third-order valence-electron chi connectivity index (χ3n) is 2.40. The van der Waals surface area contributed by atoms with Gasteiger partial charge in [0.2, 0.25) is 0 Å². The van der Waals surface area contributed by atoms with Crippen molar-refractivity contribution in [1.29, 1.82) is 0 Å². The van der Waals surface area contributed by atoms with Gasteiger partial charge in [-0.2, -0.15) is 0 Å². The summed E-state index contributed by atoms with van der Waals surface area (Å²) < 4.78 is 0. The van der Waals surface area contributed by atoms with Crippen molar-refractivity contribution in [3.63, 3.8) is 0 Å². The van der Waals surface area contributed by atoms with Crippen LogP contribution in [-0.4, -0.2) is 23.6 Å². The molecule has 0 bridgehead atoms. The fraction of sp³-hybridized carbons (Fsp3) is 0.333. The molecule has 0 aliphatic carbocycles. The second-order valence-electron chi connectivity index (χ2n) is 3.91. The summed E-state index contributed by atoms with van der Waals surface area (Å²) in [5.41, 5.74) is 5.89. The molecule has 104 valence electrons. The highest BCUT2D eigenvalue weighted by atomic mass is 35.5. The Morgan fingerprint density at radius 1 is 1.37 bits per heavy atom. The molecule has 2 amide bonds. The fourth-order valence-electron chi connectivity index (χ4n) is 1.41. The number of anilines is 1. The van der Waals surface area contributed by atoms with E-state index in [4.69, 9.17) is 22.5 Å². The molecule has 0 fully saturated rings. The van der Waals surface area contributed by atoms with E-state index >= 15 is 0 Å². The molecule has 0 radical (unpaired) electrons. The summed E-state index contributed by atoms with van der Waals surface area (Å²) in [5, 5.41) is 17.0. The number of rotatable bonds is 6. The molecule has 0 saturated heterocycles. The molecule has 0 saturated carbocycles. The number of nitrogens with two attached hydrogens (primary N) is 1. The summed E-state index contributed by atoms with van der Waals surface area (Å²) in [5.74, 6) is 0.195. The van der Waals surface area contributed by atoms with Crippen molar-refractivity contribution in [2.75, 3.05) is 11.9 Å². The average Bonchev–Trinajstić information content (AvgIpc) is 2.40. The van der Waals surface area contributed by atoms with E-state index in [1.165, 1.54) is 0 Å². The molecule has 0 aromatic heterocycles. The number of para-hydroxylation sites is 1. The lowest BCUT2D eigenvalue weighted by atomic mass is 10.2. The number of unbranched alkanes of at least 4 members (excludes halogenated alkanes) is 1. The van der Waals surface area contributed by atoms with Gasteiger partial charge in [-0.1, -0.05) is 28.9 Å². The SMILES string of the molecule is NC(CCCCNC(=O)Nc1ccccc1Cl)=NO. The van der Waals surface area contributed by atoms with Gasteiger partial charge in [0.1, 0.15) is 5.84 Å². The molecule has 1 aromatic rings. The van der Waals surface area contributed by atoms with Crippen molar-refractivity contribution >= 4 is 29.2 Å². The summed E-state index contributed by atoms with van der Waals surface area (Å²) in [4.78, 5) is 11.5. The predicted molar refractivity (Wildman–Crippen MR) is 75.7 cm³/mol. The van der Waals surface area contributed by atoms with Gasteiger partial charge in [0, 0.05) is 13.0 Å². The smallest absolute Gasteiger partial charge is 0.319 e. The van der Waals surface area contributed by atoms with Crippen LogP contribution in [0, 0.1) is 0 Å². The molecule has 0 aliphatic heterocycles. The van der Waals surface area contributed by atoms with Gasteiger partial charge in [0.25, 0.3) is 0 Å². The van der Waals surface area contributed by atoms with E-state index in [9.17, 15) is 4.79 Å². The van der Waals surface area contributed by atoms with Gasteiger partial charge in [0.15, 0.2) is 0 Å². The number of halogens is 1. The number of oxime groups is 1. The molecular weight excluding hydrogens is 268 g/mol. The van der Waals surface area contributed by atoms with Gasteiger partial charge < -0.3 is 21.6 Å². The number of hydrogen-bond acceptors (Lipinski definition) is 3. The van der Waals surface area contributed by atoms with Crippen LogP contribution in [0.3, 0.4) is 0 Å². The predicted octanol–water partition coefficient (Wildman–Crippen LogP) is 2.38. The van der Waals surface area contributed by atoms with E-state index in [2.05, 4.69) is 15.8 Å². The standard InChI is InChI=1S/C12H17ClN4O2/c13-9-5-1-2-6-10(9)16-12(18)15-8-4-3-7-11(14)17-19/h1-2,5-6,19H,3-4,7-8H2,(H2,14,17)(H2,15,16,18). The van der Waals surface area contributed by atoms with Crippen LogP contribution in [0.15, 0.2) is 29.4 Å². The normalized spacial score (nSPS) is 11.1. The van der Waals surface area contributed by atoms with Gasteiger partial charge in [-0.3, -0.25) is 0 Å². The Morgan fingerprint density at radius 3 is 2.79 bits per heavy atom. The number of benzene rings is 1. The molecule has 0 aliphatic rings. The van der Waals surface area contributed by atoms with E-state index in [0.29, 0.717) is 23.7 Å². The first-order valence-electron chi connectivity index (χ1n) is 5.89. The topological polar surface area (TPSA) is 99.7 Å². The highest BCUT2D eigenvalue weighted by Gasteiger charge is 2.03. The Hall–Kier alpha value is -1.95. The number of nitrogens with zero attached hydrogens (tertiary/aromatic N) is 1. The van der Waals surface area contributed by atoms with E-state index in [0.717, 1.165) is 12.8 Å². The zero-order valence-electron chi connectivity index (χ0n) is 10.4. The van der Waals surface area contributed by atoms with Crippen LogP contribution >= 0.6 is 11.6 Å². The number of nitrogens with one attached hydrogen (secondary N) is 2. The molecule has 6 nitrogen and oxygen atoms in total. The number of carbonyl (C=O) groups is 1. The molecule has 1 aromatic carbocycles. The lowest BCUT2D eigenvalue weighted by Crippen LogP contribution is -2.29. The molecule has 0 atom stereocenters. The maximum Gasteiger partial charge on any atom is 0.319 e. The zero-order valence-corrected chi connectivity index (χ0v) is 11.2. The number of amides is 2. The van der Waals surface area contributed by atoms with Gasteiger partial charge in [0.05, 0.1) is 10.7 Å². The van der Waals surface area contributed by atoms with Crippen LogP contribution in [0.2, 0.25) is 5.02 Å². The Balaban J connectivity index is 2.20. The third-order valence-corrected chi connectivity index (χ3v) is 2.73. The van der Waals surface area contributed by atoms with E-state index in [-0.39, 0.29) is 11.9 Å². The third kappa shape index (κ3) is 5.96. The van der Waals surface area contributed by atoms with Crippen molar-refractivity contribution < 1.29 is 10.0 Å². The summed E-state index contributed by atoms with van der Waals surface area (Å²) in [6.45, 7) is 0.509. The van der Waals surface area contributed by atoms with Gasteiger partial charge in [-0.15, -0.1) is 0 Å². The summed E-state index contributed by atoms with van der Waals surface area (Å²) in [7, 11) is 0. The minimum absolute atomic E-state index is 0.195. The molecule has 5 N–H and O–H groups in total. The first-order chi connectivity index (χ1) is 9.13. The number of amidine groups is 1. The quantitative estimate of drug-likeness (QED) is 0.212. The van der Waals surface area contributed by atoms with Crippen molar-refractivity contribution in [2.24, 2.45) is 10.9 Å². The summed E-state index contributed by atoms with van der Waals surface area (Å²) >= 11 is 5.91. The Bertz CT molecular complexity index is 451. The zero-order chi connectivity index (χ0) is 14.1. The van der Waals surface area contributed by atoms with Crippen LogP contribution in [0.1, 0.15) is 19.3 Å². The summed E-state index contributed by atoms with van der Waals surface area (Å²) in [6.07, 6.45) is 1.98. The summed E-state index contributed by atoms with van der Waals surface area (Å²) in [6, 6.07) is 6.70. The van der Waals surface area contributed by atoms with Crippen molar-refractivity contribution in [3.05, 3.63) is 29.3 Å². The number of hydrogen-bond donors (Lipinski definition) is 4. The van der Waals surface area contributed by atoms with E-state index < -0.39 is 0 Å². The second kappa shape index (κ2) is 8.20. The van der Waals surface area contributed by atoms with Gasteiger partial charge in [-0.05, 0) is 25.0 Å². The number of carbonyl (C=O) groups excluding carboxylic acids is 1. The Labute approximate surface area is 116 Å². The van der Waals surface area contributed by atoms with Crippen LogP contribution in [0.5, 0.6) is 0 Å². The highest BCUT2D eigenvalue weighted by molar-refractivity contribution is 6.33.